The van der Waals surface area contributed by atoms with Gasteiger partial charge in [0.25, 0.3) is 0 Å². The van der Waals surface area contributed by atoms with Gasteiger partial charge in [0.15, 0.2) is 0 Å². The SMILES string of the molecule is CCN(CC(=O)NC(C)C)Cc1nc(-c2cccc(Br)c2)no1. The van der Waals surface area contributed by atoms with Crippen LogP contribution in [0.1, 0.15) is 26.7 Å². The first kappa shape index (κ1) is 17.6. The van der Waals surface area contributed by atoms with Crippen molar-refractivity contribution in [3.63, 3.8) is 0 Å². The van der Waals surface area contributed by atoms with Gasteiger partial charge in [-0.3, -0.25) is 9.69 Å². The molecule has 0 bridgehead atoms. The van der Waals surface area contributed by atoms with Crippen LogP contribution in [-0.4, -0.2) is 40.1 Å². The Morgan fingerprint density at radius 3 is 2.87 bits per heavy atom. The summed E-state index contributed by atoms with van der Waals surface area (Å²) in [5.41, 5.74) is 0.884. The van der Waals surface area contributed by atoms with Gasteiger partial charge in [-0.25, -0.2) is 0 Å². The fraction of sp³-hybridized carbons (Fsp3) is 0.438. The summed E-state index contributed by atoms with van der Waals surface area (Å²) in [7, 11) is 0. The van der Waals surface area contributed by atoms with Crippen molar-refractivity contribution in [1.82, 2.24) is 20.4 Å². The van der Waals surface area contributed by atoms with E-state index in [1.165, 1.54) is 0 Å². The molecular formula is C16H21BrN4O2. The summed E-state index contributed by atoms with van der Waals surface area (Å²) < 4.78 is 6.26. The van der Waals surface area contributed by atoms with Gasteiger partial charge in [-0.05, 0) is 32.5 Å². The monoisotopic (exact) mass is 380 g/mol. The molecule has 1 heterocycles. The lowest BCUT2D eigenvalue weighted by Crippen LogP contribution is -2.39. The Hall–Kier alpha value is -1.73. The predicted octanol–water partition coefficient (Wildman–Crippen LogP) is 2.85. The van der Waals surface area contributed by atoms with Crippen LogP contribution in [0.15, 0.2) is 33.3 Å². The topological polar surface area (TPSA) is 71.3 Å². The van der Waals surface area contributed by atoms with Crippen molar-refractivity contribution in [3.8, 4) is 11.4 Å². The normalized spacial score (nSPS) is 11.2. The molecule has 0 saturated carbocycles. The Balaban J connectivity index is 2.01. The fourth-order valence-electron chi connectivity index (χ4n) is 2.11. The quantitative estimate of drug-likeness (QED) is 0.799. The smallest absolute Gasteiger partial charge is 0.241 e. The van der Waals surface area contributed by atoms with Crippen molar-refractivity contribution < 1.29 is 9.32 Å². The second-order valence-electron chi connectivity index (χ2n) is 5.55. The minimum atomic E-state index is -0.00595. The lowest BCUT2D eigenvalue weighted by Gasteiger charge is -2.18. The molecule has 1 aromatic heterocycles. The molecule has 7 heteroatoms. The first-order chi connectivity index (χ1) is 11.0. The van der Waals surface area contributed by atoms with Crippen molar-refractivity contribution in [1.29, 1.82) is 0 Å². The summed E-state index contributed by atoms with van der Waals surface area (Å²) in [6.45, 7) is 7.35. The van der Waals surface area contributed by atoms with Crippen LogP contribution in [-0.2, 0) is 11.3 Å². The van der Waals surface area contributed by atoms with Crippen LogP contribution in [0, 0.1) is 0 Å². The highest BCUT2D eigenvalue weighted by atomic mass is 79.9. The molecule has 2 aromatic rings. The van der Waals surface area contributed by atoms with Crippen LogP contribution in [0.2, 0.25) is 0 Å². The number of carbonyl (C=O) groups excluding carboxylic acids is 1. The molecule has 0 atom stereocenters. The molecular weight excluding hydrogens is 360 g/mol. The fourth-order valence-corrected chi connectivity index (χ4v) is 2.50. The third-order valence-electron chi connectivity index (χ3n) is 3.17. The van der Waals surface area contributed by atoms with Crippen LogP contribution in [0.5, 0.6) is 0 Å². The molecule has 0 aliphatic rings. The number of hydrogen-bond donors (Lipinski definition) is 1. The van der Waals surface area contributed by atoms with Crippen LogP contribution in [0.4, 0.5) is 0 Å². The number of nitrogens with zero attached hydrogens (tertiary/aromatic N) is 3. The Morgan fingerprint density at radius 1 is 1.43 bits per heavy atom. The first-order valence-electron chi connectivity index (χ1n) is 7.58. The van der Waals surface area contributed by atoms with Gasteiger partial charge in [0, 0.05) is 16.1 Å². The number of rotatable bonds is 7. The van der Waals surface area contributed by atoms with Crippen LogP contribution in [0.25, 0.3) is 11.4 Å². The number of carbonyl (C=O) groups is 1. The maximum Gasteiger partial charge on any atom is 0.241 e. The maximum atomic E-state index is 11.9. The molecule has 2 rings (SSSR count). The van der Waals surface area contributed by atoms with Crippen molar-refractivity contribution >= 4 is 21.8 Å². The van der Waals surface area contributed by atoms with Gasteiger partial charge in [-0.15, -0.1) is 0 Å². The largest absolute Gasteiger partial charge is 0.353 e. The molecule has 23 heavy (non-hydrogen) atoms. The number of hydrogen-bond acceptors (Lipinski definition) is 5. The number of benzene rings is 1. The number of amides is 1. The molecule has 0 unspecified atom stereocenters. The van der Waals surface area contributed by atoms with Crippen LogP contribution in [0.3, 0.4) is 0 Å². The highest BCUT2D eigenvalue weighted by Gasteiger charge is 2.15. The second-order valence-corrected chi connectivity index (χ2v) is 6.46. The summed E-state index contributed by atoms with van der Waals surface area (Å²) in [4.78, 5) is 18.2. The minimum Gasteiger partial charge on any atom is -0.353 e. The molecule has 1 N–H and O–H groups in total. The van der Waals surface area contributed by atoms with Crippen molar-refractivity contribution in [2.75, 3.05) is 13.1 Å². The van der Waals surface area contributed by atoms with Gasteiger partial charge in [-0.1, -0.05) is 40.1 Å². The molecule has 0 aliphatic heterocycles. The van der Waals surface area contributed by atoms with E-state index in [1.54, 1.807) is 0 Å². The van der Waals surface area contributed by atoms with E-state index in [-0.39, 0.29) is 11.9 Å². The molecule has 0 saturated heterocycles. The second kappa shape index (κ2) is 8.21. The summed E-state index contributed by atoms with van der Waals surface area (Å²) in [6.07, 6.45) is 0. The van der Waals surface area contributed by atoms with Gasteiger partial charge in [-0.2, -0.15) is 4.98 Å². The Bertz CT molecular complexity index is 657. The van der Waals surface area contributed by atoms with E-state index >= 15 is 0 Å². The molecule has 0 radical (unpaired) electrons. The molecule has 1 amide bonds. The standard InChI is InChI=1S/C16H21BrN4O2/c1-4-21(9-14(22)18-11(2)3)10-15-19-16(20-23-15)12-6-5-7-13(17)8-12/h5-8,11H,4,9-10H2,1-3H3,(H,18,22). The Kier molecular flexibility index (Phi) is 6.29. The van der Waals surface area contributed by atoms with E-state index in [1.807, 2.05) is 49.9 Å². The Morgan fingerprint density at radius 2 is 2.22 bits per heavy atom. The van der Waals surface area contributed by atoms with E-state index in [2.05, 4.69) is 31.4 Å². The van der Waals surface area contributed by atoms with Gasteiger partial charge >= 0.3 is 0 Å². The van der Waals surface area contributed by atoms with E-state index in [0.29, 0.717) is 24.8 Å². The lowest BCUT2D eigenvalue weighted by molar-refractivity contribution is -0.122. The zero-order valence-electron chi connectivity index (χ0n) is 13.5. The predicted molar refractivity (Wildman–Crippen MR) is 91.7 cm³/mol. The third-order valence-corrected chi connectivity index (χ3v) is 3.67. The summed E-state index contributed by atoms with van der Waals surface area (Å²) in [5.74, 6) is 1.04. The Labute approximate surface area is 144 Å². The van der Waals surface area contributed by atoms with E-state index < -0.39 is 0 Å². The van der Waals surface area contributed by atoms with E-state index in [0.717, 1.165) is 16.6 Å². The summed E-state index contributed by atoms with van der Waals surface area (Å²) in [5, 5.41) is 6.89. The number of nitrogens with one attached hydrogen (secondary N) is 1. The molecule has 124 valence electrons. The number of likely N-dealkylation sites (N-methyl/N-ethyl adjacent to an activating group) is 1. The van der Waals surface area contributed by atoms with Gasteiger partial charge < -0.3 is 9.84 Å². The average Bonchev–Trinajstić information content (AvgIpc) is 2.94. The molecule has 1 aromatic carbocycles. The van der Waals surface area contributed by atoms with Crippen molar-refractivity contribution in [2.24, 2.45) is 0 Å². The van der Waals surface area contributed by atoms with E-state index in [9.17, 15) is 4.79 Å². The highest BCUT2D eigenvalue weighted by molar-refractivity contribution is 9.10. The van der Waals surface area contributed by atoms with Crippen molar-refractivity contribution in [3.05, 3.63) is 34.6 Å². The minimum absolute atomic E-state index is 0.00595. The number of halogens is 1. The van der Waals surface area contributed by atoms with Gasteiger partial charge in [0.05, 0.1) is 13.1 Å². The van der Waals surface area contributed by atoms with Gasteiger partial charge in [0.2, 0.25) is 17.6 Å². The number of aromatic nitrogens is 2. The summed E-state index contributed by atoms with van der Waals surface area (Å²) >= 11 is 3.43. The third kappa shape index (κ3) is 5.44. The lowest BCUT2D eigenvalue weighted by atomic mass is 10.2. The summed E-state index contributed by atoms with van der Waals surface area (Å²) in [6, 6.07) is 7.85. The molecule has 0 aliphatic carbocycles. The molecule has 0 fully saturated rings. The van der Waals surface area contributed by atoms with Gasteiger partial charge in [0.1, 0.15) is 0 Å². The van der Waals surface area contributed by atoms with E-state index in [4.69, 9.17) is 4.52 Å². The van der Waals surface area contributed by atoms with Crippen LogP contribution >= 0.6 is 15.9 Å². The highest BCUT2D eigenvalue weighted by Crippen LogP contribution is 2.20. The zero-order chi connectivity index (χ0) is 16.8. The zero-order valence-corrected chi connectivity index (χ0v) is 15.1. The molecule has 0 spiro atoms. The molecule has 6 nitrogen and oxygen atoms in total. The maximum absolute atomic E-state index is 11.9. The van der Waals surface area contributed by atoms with Crippen LogP contribution < -0.4 is 5.32 Å². The van der Waals surface area contributed by atoms with Crippen molar-refractivity contribution in [2.45, 2.75) is 33.4 Å². The first-order valence-corrected chi connectivity index (χ1v) is 8.37. The average molecular weight is 381 g/mol.